The Morgan fingerprint density at radius 2 is 2.07 bits per heavy atom. The van der Waals surface area contributed by atoms with Gasteiger partial charge in [0.25, 0.3) is 0 Å². The van der Waals surface area contributed by atoms with Crippen LogP contribution in [-0.2, 0) is 11.2 Å². The smallest absolute Gasteiger partial charge is 0.159 e. The summed E-state index contributed by atoms with van der Waals surface area (Å²) in [5.41, 5.74) is 0.914. The average Bonchev–Trinajstić information content (AvgIpc) is 2.16. The summed E-state index contributed by atoms with van der Waals surface area (Å²) in [4.78, 5) is 21.5. The highest BCUT2D eigenvalue weighted by Crippen LogP contribution is 2.20. The normalized spacial score (nSPS) is 9.73. The van der Waals surface area contributed by atoms with Gasteiger partial charge < -0.3 is 14.6 Å². The Hall–Kier alpha value is -1.84. The van der Waals surface area contributed by atoms with E-state index in [1.807, 2.05) is 0 Å². The van der Waals surface area contributed by atoms with E-state index >= 15 is 0 Å². The summed E-state index contributed by atoms with van der Waals surface area (Å²) in [5.74, 6) is -0.865. The van der Waals surface area contributed by atoms with E-state index < -0.39 is 5.97 Å². The highest BCUT2D eigenvalue weighted by atomic mass is 16.5. The van der Waals surface area contributed by atoms with Crippen LogP contribution in [0.2, 0.25) is 0 Å². The highest BCUT2D eigenvalue weighted by Gasteiger charge is 2.07. The lowest BCUT2D eigenvalue weighted by atomic mass is 10.0. The molecule has 0 spiro atoms. The first kappa shape index (κ1) is 11.2. The Morgan fingerprint density at radius 3 is 2.53 bits per heavy atom. The molecule has 15 heavy (non-hydrogen) atoms. The molecule has 0 atom stereocenters. The third kappa shape index (κ3) is 2.80. The van der Waals surface area contributed by atoms with E-state index in [4.69, 9.17) is 4.74 Å². The summed E-state index contributed by atoms with van der Waals surface area (Å²) in [6.07, 6.45) is -0.260. The number of carbonyl (C=O) groups is 2. The van der Waals surface area contributed by atoms with Gasteiger partial charge in [0.2, 0.25) is 0 Å². The van der Waals surface area contributed by atoms with Crippen molar-refractivity contribution in [2.24, 2.45) is 0 Å². The maximum atomic E-state index is 11.1. The monoisotopic (exact) mass is 207 g/mol. The second kappa shape index (κ2) is 4.59. The Bertz CT molecular complexity index is 396. The Morgan fingerprint density at radius 1 is 1.40 bits per heavy atom. The van der Waals surface area contributed by atoms with Crippen molar-refractivity contribution in [3.63, 3.8) is 0 Å². The zero-order valence-electron chi connectivity index (χ0n) is 8.57. The van der Waals surface area contributed by atoms with Gasteiger partial charge >= 0.3 is 0 Å². The number of aliphatic carboxylic acids is 1. The predicted octanol–water partition coefficient (Wildman–Crippen LogP) is 0.190. The molecule has 0 aromatic heterocycles. The van der Waals surface area contributed by atoms with Crippen molar-refractivity contribution in [1.82, 2.24) is 0 Å². The second-order valence-electron chi connectivity index (χ2n) is 3.13. The van der Waals surface area contributed by atoms with Crippen molar-refractivity contribution in [1.29, 1.82) is 0 Å². The number of ether oxygens (including phenoxy) is 1. The number of benzene rings is 1. The fourth-order valence-corrected chi connectivity index (χ4v) is 1.29. The van der Waals surface area contributed by atoms with Crippen LogP contribution < -0.4 is 9.84 Å². The summed E-state index contributed by atoms with van der Waals surface area (Å²) in [7, 11) is 1.45. The number of carbonyl (C=O) groups excluding carboxylic acids is 2. The van der Waals surface area contributed by atoms with Crippen molar-refractivity contribution < 1.29 is 19.4 Å². The van der Waals surface area contributed by atoms with Gasteiger partial charge in [-0.05, 0) is 25.1 Å². The van der Waals surface area contributed by atoms with Gasteiger partial charge in [-0.25, -0.2) is 0 Å². The molecule has 1 aromatic rings. The van der Waals surface area contributed by atoms with Crippen LogP contribution in [0.3, 0.4) is 0 Å². The number of rotatable bonds is 4. The van der Waals surface area contributed by atoms with Gasteiger partial charge in [-0.15, -0.1) is 0 Å². The van der Waals surface area contributed by atoms with Crippen LogP contribution in [0.5, 0.6) is 5.75 Å². The van der Waals surface area contributed by atoms with E-state index in [-0.39, 0.29) is 12.2 Å². The van der Waals surface area contributed by atoms with Crippen molar-refractivity contribution >= 4 is 11.8 Å². The van der Waals surface area contributed by atoms with E-state index in [1.54, 1.807) is 12.1 Å². The number of ketones is 1. The summed E-state index contributed by atoms with van der Waals surface area (Å²) >= 11 is 0. The molecule has 0 aliphatic heterocycles. The lowest BCUT2D eigenvalue weighted by molar-refractivity contribution is -0.304. The Kier molecular flexibility index (Phi) is 3.44. The molecule has 0 aliphatic carbocycles. The molecule has 0 unspecified atom stereocenters. The van der Waals surface area contributed by atoms with E-state index in [1.165, 1.54) is 20.1 Å². The lowest BCUT2D eigenvalue weighted by Gasteiger charge is -2.10. The van der Waals surface area contributed by atoms with Crippen molar-refractivity contribution in [2.45, 2.75) is 13.3 Å². The molecule has 1 rings (SSSR count). The predicted molar refractivity (Wildman–Crippen MR) is 51.7 cm³/mol. The van der Waals surface area contributed by atoms with Gasteiger partial charge in [0.15, 0.2) is 5.78 Å². The zero-order chi connectivity index (χ0) is 11.4. The molecule has 0 aliphatic rings. The molecule has 0 heterocycles. The zero-order valence-corrected chi connectivity index (χ0v) is 8.57. The SMILES string of the molecule is COc1ccc(C(C)=O)cc1CC(=O)[O-]. The summed E-state index contributed by atoms with van der Waals surface area (Å²) in [6, 6.07) is 4.69. The fraction of sp³-hybridized carbons (Fsp3) is 0.273. The van der Waals surface area contributed by atoms with Crippen LogP contribution in [0.15, 0.2) is 18.2 Å². The van der Waals surface area contributed by atoms with Crippen LogP contribution >= 0.6 is 0 Å². The van der Waals surface area contributed by atoms with Crippen LogP contribution in [0.25, 0.3) is 0 Å². The topological polar surface area (TPSA) is 66.4 Å². The van der Waals surface area contributed by atoms with Gasteiger partial charge in [0.1, 0.15) is 5.75 Å². The third-order valence-electron chi connectivity index (χ3n) is 2.02. The largest absolute Gasteiger partial charge is 0.550 e. The van der Waals surface area contributed by atoms with Gasteiger partial charge in [-0.2, -0.15) is 0 Å². The first-order valence-electron chi connectivity index (χ1n) is 4.42. The molecule has 4 nitrogen and oxygen atoms in total. The molecule has 0 saturated carbocycles. The highest BCUT2D eigenvalue weighted by molar-refractivity contribution is 5.94. The van der Waals surface area contributed by atoms with E-state index in [2.05, 4.69) is 0 Å². The molecule has 0 bridgehead atoms. The van der Waals surface area contributed by atoms with Crippen LogP contribution in [-0.4, -0.2) is 18.9 Å². The first-order chi connectivity index (χ1) is 7.04. The van der Waals surface area contributed by atoms with E-state index in [0.29, 0.717) is 16.9 Å². The van der Waals surface area contributed by atoms with E-state index in [9.17, 15) is 14.7 Å². The van der Waals surface area contributed by atoms with Crippen molar-refractivity contribution in [3.05, 3.63) is 29.3 Å². The van der Waals surface area contributed by atoms with Crippen LogP contribution in [0.1, 0.15) is 22.8 Å². The number of carboxylic acids is 1. The molecule has 0 fully saturated rings. The summed E-state index contributed by atoms with van der Waals surface area (Å²) in [6.45, 7) is 1.42. The van der Waals surface area contributed by atoms with Gasteiger partial charge in [-0.3, -0.25) is 4.79 Å². The van der Waals surface area contributed by atoms with Crippen LogP contribution in [0.4, 0.5) is 0 Å². The molecular formula is C11H11O4-. The molecule has 0 radical (unpaired) electrons. The standard InChI is InChI=1S/C11H12O4/c1-7(12)8-3-4-10(15-2)9(5-8)6-11(13)14/h3-5H,6H2,1-2H3,(H,13,14)/p-1. The molecule has 0 amide bonds. The fourth-order valence-electron chi connectivity index (χ4n) is 1.29. The van der Waals surface area contributed by atoms with Gasteiger partial charge in [-0.1, -0.05) is 0 Å². The maximum absolute atomic E-state index is 11.1. The van der Waals surface area contributed by atoms with Crippen molar-refractivity contribution in [3.8, 4) is 5.75 Å². The lowest BCUT2D eigenvalue weighted by Crippen LogP contribution is -2.24. The number of carboxylic acid groups (broad SMARTS) is 1. The molecule has 80 valence electrons. The molecule has 4 heteroatoms. The van der Waals surface area contributed by atoms with Gasteiger partial charge in [0.05, 0.1) is 7.11 Å². The quantitative estimate of drug-likeness (QED) is 0.661. The molecule has 0 N–H and O–H groups in total. The minimum Gasteiger partial charge on any atom is -0.550 e. The first-order valence-corrected chi connectivity index (χ1v) is 4.42. The molecule has 1 aromatic carbocycles. The number of hydrogen-bond donors (Lipinski definition) is 0. The minimum atomic E-state index is -1.20. The average molecular weight is 207 g/mol. The summed E-state index contributed by atoms with van der Waals surface area (Å²) in [5, 5.41) is 10.5. The minimum absolute atomic E-state index is 0.114. The number of Topliss-reactive ketones (excluding diaryl/α,β-unsaturated/α-hetero) is 1. The van der Waals surface area contributed by atoms with Crippen molar-refractivity contribution in [2.75, 3.05) is 7.11 Å². The second-order valence-corrected chi connectivity index (χ2v) is 3.13. The maximum Gasteiger partial charge on any atom is 0.159 e. The van der Waals surface area contributed by atoms with Gasteiger partial charge in [0, 0.05) is 23.5 Å². The third-order valence-corrected chi connectivity index (χ3v) is 2.02. The molecule has 0 saturated heterocycles. The Labute approximate surface area is 87.5 Å². The van der Waals surface area contributed by atoms with E-state index in [0.717, 1.165) is 0 Å². The van der Waals surface area contributed by atoms with Crippen LogP contribution in [0, 0.1) is 0 Å². The molecular weight excluding hydrogens is 196 g/mol. The Balaban J connectivity index is 3.12. The number of methoxy groups -OCH3 is 1. The summed E-state index contributed by atoms with van der Waals surface area (Å²) < 4.78 is 4.98. The number of hydrogen-bond acceptors (Lipinski definition) is 4.